The van der Waals surface area contributed by atoms with Gasteiger partial charge in [-0.1, -0.05) is 41.6 Å². The number of halogens is 1. The van der Waals surface area contributed by atoms with Gasteiger partial charge >= 0.3 is 0 Å². The largest absolute Gasteiger partial charge is 0.350 e. The summed E-state index contributed by atoms with van der Waals surface area (Å²) in [5.41, 5.74) is -0.125. The first-order valence-electron chi connectivity index (χ1n) is 7.40. The van der Waals surface area contributed by atoms with Gasteiger partial charge in [-0.25, -0.2) is 0 Å². The third-order valence-corrected chi connectivity index (χ3v) is 6.11. The smallest absolute Gasteiger partial charge is 0.223 e. The number of alkyl halides is 1. The summed E-state index contributed by atoms with van der Waals surface area (Å²) in [6.45, 7) is 4.15. The molecule has 0 aromatic rings. The third-order valence-electron chi connectivity index (χ3n) is 4.71. The topological polar surface area (TPSA) is 29.1 Å². The molecule has 2 aliphatic carbocycles. The van der Waals surface area contributed by atoms with E-state index in [1.165, 1.54) is 32.1 Å². The number of amides is 1. The summed E-state index contributed by atoms with van der Waals surface area (Å²) in [5, 5.41) is 4.00. The van der Waals surface area contributed by atoms with Crippen LogP contribution in [-0.4, -0.2) is 16.8 Å². The summed E-state index contributed by atoms with van der Waals surface area (Å²) < 4.78 is 0. The molecule has 2 rings (SSSR count). The molecule has 0 aliphatic heterocycles. The predicted molar refractivity (Wildman–Crippen MR) is 78.8 cm³/mol. The fourth-order valence-electron chi connectivity index (χ4n) is 3.58. The molecular formula is C15H26BrNO. The fourth-order valence-corrected chi connectivity index (χ4v) is 3.72. The van der Waals surface area contributed by atoms with E-state index >= 15 is 0 Å². The zero-order valence-corrected chi connectivity index (χ0v) is 13.3. The molecule has 3 unspecified atom stereocenters. The maximum absolute atomic E-state index is 12.3. The molecule has 0 heterocycles. The van der Waals surface area contributed by atoms with Gasteiger partial charge in [-0.2, -0.15) is 0 Å². The van der Waals surface area contributed by atoms with Gasteiger partial charge in [0.2, 0.25) is 5.91 Å². The third kappa shape index (κ3) is 3.49. The van der Waals surface area contributed by atoms with Crippen LogP contribution in [0.2, 0.25) is 0 Å². The van der Waals surface area contributed by atoms with Crippen LogP contribution >= 0.6 is 15.9 Å². The highest BCUT2D eigenvalue weighted by Gasteiger charge is 2.36. The number of hydrogen-bond acceptors (Lipinski definition) is 1. The molecule has 2 fully saturated rings. The van der Waals surface area contributed by atoms with Crippen molar-refractivity contribution < 1.29 is 4.79 Å². The first kappa shape index (κ1) is 14.4. The summed E-state index contributed by atoms with van der Waals surface area (Å²) in [4.78, 5) is 12.3. The number of rotatable bonds is 3. The molecule has 0 spiro atoms. The summed E-state index contributed by atoms with van der Waals surface area (Å²) in [7, 11) is 0. The van der Waals surface area contributed by atoms with Crippen LogP contribution in [0.15, 0.2) is 0 Å². The summed E-state index contributed by atoms with van der Waals surface area (Å²) in [6.07, 6.45) is 9.07. The first-order chi connectivity index (χ1) is 8.52. The van der Waals surface area contributed by atoms with E-state index in [4.69, 9.17) is 0 Å². The molecule has 0 saturated heterocycles. The van der Waals surface area contributed by atoms with Crippen LogP contribution in [0.1, 0.15) is 58.8 Å². The number of carbonyl (C=O) groups excluding carboxylic acids is 1. The highest BCUT2D eigenvalue weighted by Crippen LogP contribution is 2.42. The van der Waals surface area contributed by atoms with Gasteiger partial charge in [0.1, 0.15) is 0 Å². The van der Waals surface area contributed by atoms with E-state index in [9.17, 15) is 4.79 Å². The second-order valence-corrected chi connectivity index (χ2v) is 7.38. The van der Waals surface area contributed by atoms with Gasteiger partial charge in [-0.05, 0) is 44.9 Å². The number of carbonyl (C=O) groups is 1. The van der Waals surface area contributed by atoms with Crippen molar-refractivity contribution in [3.8, 4) is 0 Å². The molecule has 3 heteroatoms. The van der Waals surface area contributed by atoms with Gasteiger partial charge in [-0.15, -0.1) is 0 Å². The SMILES string of the molecule is CC(C)(CBr)NC(=O)C1CCC2CCCCC2C1. The van der Waals surface area contributed by atoms with Crippen molar-refractivity contribution in [2.45, 2.75) is 64.3 Å². The van der Waals surface area contributed by atoms with Crippen molar-refractivity contribution in [2.75, 3.05) is 5.33 Å². The number of fused-ring (bicyclic) bond motifs is 1. The average Bonchev–Trinajstić information content (AvgIpc) is 2.37. The van der Waals surface area contributed by atoms with Gasteiger partial charge in [0, 0.05) is 16.8 Å². The van der Waals surface area contributed by atoms with E-state index in [2.05, 4.69) is 35.1 Å². The lowest BCUT2D eigenvalue weighted by Crippen LogP contribution is -2.48. The molecule has 2 nitrogen and oxygen atoms in total. The van der Waals surface area contributed by atoms with Crippen LogP contribution in [-0.2, 0) is 4.79 Å². The summed E-state index contributed by atoms with van der Waals surface area (Å²) >= 11 is 3.46. The number of hydrogen-bond donors (Lipinski definition) is 1. The minimum absolute atomic E-state index is 0.125. The molecule has 2 saturated carbocycles. The Labute approximate surface area is 119 Å². The first-order valence-corrected chi connectivity index (χ1v) is 8.52. The monoisotopic (exact) mass is 315 g/mol. The van der Waals surface area contributed by atoms with E-state index < -0.39 is 0 Å². The van der Waals surface area contributed by atoms with Crippen molar-refractivity contribution in [3.63, 3.8) is 0 Å². The van der Waals surface area contributed by atoms with Crippen molar-refractivity contribution in [1.29, 1.82) is 0 Å². The minimum atomic E-state index is -0.125. The highest BCUT2D eigenvalue weighted by molar-refractivity contribution is 9.09. The molecule has 104 valence electrons. The zero-order valence-electron chi connectivity index (χ0n) is 11.7. The zero-order chi connectivity index (χ0) is 13.2. The Kier molecular flexibility index (Phi) is 4.74. The molecular weight excluding hydrogens is 290 g/mol. The molecule has 3 atom stereocenters. The molecule has 0 aromatic carbocycles. The Morgan fingerprint density at radius 2 is 1.83 bits per heavy atom. The number of nitrogens with one attached hydrogen (secondary N) is 1. The standard InChI is InChI=1S/C15H26BrNO/c1-15(2,10-16)17-14(18)13-8-7-11-5-3-4-6-12(11)9-13/h11-13H,3-10H2,1-2H3,(H,17,18). The Morgan fingerprint density at radius 1 is 1.17 bits per heavy atom. The van der Waals surface area contributed by atoms with Crippen LogP contribution in [0.5, 0.6) is 0 Å². The van der Waals surface area contributed by atoms with Crippen molar-refractivity contribution in [1.82, 2.24) is 5.32 Å². The van der Waals surface area contributed by atoms with Crippen LogP contribution in [0.3, 0.4) is 0 Å². The van der Waals surface area contributed by atoms with Gasteiger partial charge in [-0.3, -0.25) is 4.79 Å². The lowest BCUT2D eigenvalue weighted by Gasteiger charge is -2.39. The second-order valence-electron chi connectivity index (χ2n) is 6.82. The van der Waals surface area contributed by atoms with E-state index in [-0.39, 0.29) is 17.4 Å². The Morgan fingerprint density at radius 3 is 2.50 bits per heavy atom. The average molecular weight is 316 g/mol. The molecule has 2 aliphatic rings. The minimum Gasteiger partial charge on any atom is -0.350 e. The van der Waals surface area contributed by atoms with E-state index in [1.54, 1.807) is 0 Å². The quantitative estimate of drug-likeness (QED) is 0.787. The van der Waals surface area contributed by atoms with Gasteiger partial charge in [0.15, 0.2) is 0 Å². The fraction of sp³-hybridized carbons (Fsp3) is 0.933. The van der Waals surface area contributed by atoms with Gasteiger partial charge in [0.05, 0.1) is 0 Å². The Hall–Kier alpha value is -0.0500. The molecule has 1 N–H and O–H groups in total. The maximum Gasteiger partial charge on any atom is 0.223 e. The molecule has 0 aromatic heterocycles. The summed E-state index contributed by atoms with van der Waals surface area (Å²) in [6, 6.07) is 0. The van der Waals surface area contributed by atoms with E-state index in [0.717, 1.165) is 30.0 Å². The second kappa shape index (κ2) is 5.94. The van der Waals surface area contributed by atoms with Crippen molar-refractivity contribution in [3.05, 3.63) is 0 Å². The summed E-state index contributed by atoms with van der Waals surface area (Å²) in [5.74, 6) is 2.30. The Bertz CT molecular complexity index is 303. The van der Waals surface area contributed by atoms with Crippen LogP contribution in [0.4, 0.5) is 0 Å². The predicted octanol–water partition coefficient (Wildman–Crippen LogP) is 3.88. The van der Waals surface area contributed by atoms with E-state index in [0.29, 0.717) is 0 Å². The molecule has 18 heavy (non-hydrogen) atoms. The molecule has 0 radical (unpaired) electrons. The van der Waals surface area contributed by atoms with Crippen molar-refractivity contribution >= 4 is 21.8 Å². The van der Waals surface area contributed by atoms with Gasteiger partial charge < -0.3 is 5.32 Å². The van der Waals surface area contributed by atoms with Crippen molar-refractivity contribution in [2.24, 2.45) is 17.8 Å². The Balaban J connectivity index is 1.88. The van der Waals surface area contributed by atoms with E-state index in [1.807, 2.05) is 0 Å². The lowest BCUT2D eigenvalue weighted by molar-refractivity contribution is -0.128. The van der Waals surface area contributed by atoms with Crippen LogP contribution in [0, 0.1) is 17.8 Å². The van der Waals surface area contributed by atoms with Gasteiger partial charge in [0.25, 0.3) is 0 Å². The normalized spacial score (nSPS) is 32.7. The van der Waals surface area contributed by atoms with Crippen LogP contribution < -0.4 is 5.32 Å². The molecule has 0 bridgehead atoms. The van der Waals surface area contributed by atoms with Crippen LogP contribution in [0.25, 0.3) is 0 Å². The highest BCUT2D eigenvalue weighted by atomic mass is 79.9. The maximum atomic E-state index is 12.3. The lowest BCUT2D eigenvalue weighted by atomic mass is 9.67. The molecule has 1 amide bonds.